The summed E-state index contributed by atoms with van der Waals surface area (Å²) in [6, 6.07) is 13.6. The van der Waals surface area contributed by atoms with Crippen LogP contribution in [0, 0.1) is 12.3 Å². The summed E-state index contributed by atoms with van der Waals surface area (Å²) in [5, 5.41) is 9.06. The number of carbonyl (C=O) groups excluding carboxylic acids is 1. The van der Waals surface area contributed by atoms with Crippen molar-refractivity contribution < 1.29 is 27.9 Å². The Balaban J connectivity index is 1.77. The highest BCUT2D eigenvalue weighted by Gasteiger charge is 2.44. The van der Waals surface area contributed by atoms with Crippen molar-refractivity contribution in [2.45, 2.75) is 24.7 Å². The molecule has 0 bridgehead atoms. The number of nitrogens with one attached hydrogen (secondary N) is 1. The Hall–Kier alpha value is -2.42. The molecule has 28 heavy (non-hydrogen) atoms. The van der Waals surface area contributed by atoms with E-state index in [1.54, 1.807) is 17.6 Å². The molecule has 2 N–H and O–H groups in total. The van der Waals surface area contributed by atoms with Crippen LogP contribution in [-0.2, 0) is 19.4 Å². The number of amides is 1. The molecule has 0 radical (unpaired) electrons. The molecule has 0 aliphatic carbocycles. The van der Waals surface area contributed by atoms with E-state index in [1.165, 1.54) is 12.1 Å². The molecule has 2 aromatic carbocycles. The molecule has 2 aromatic rings. The summed E-state index contributed by atoms with van der Waals surface area (Å²) < 4.78 is 36.7. The molecule has 7 nitrogen and oxygen atoms in total. The quantitative estimate of drug-likeness (QED) is 0.566. The molecule has 3 rings (SSSR count). The third-order valence-electron chi connectivity index (χ3n) is 4.94. The monoisotopic (exact) mass is 405 g/mol. The van der Waals surface area contributed by atoms with Gasteiger partial charge in [-0.3, -0.25) is 10.0 Å². The lowest BCUT2D eigenvalue weighted by Gasteiger charge is -2.34. The maximum atomic E-state index is 12.9. The van der Waals surface area contributed by atoms with Crippen LogP contribution in [0.1, 0.15) is 18.4 Å². The van der Waals surface area contributed by atoms with Crippen LogP contribution < -0.4 is 10.2 Å². The van der Waals surface area contributed by atoms with Crippen molar-refractivity contribution in [1.29, 1.82) is 0 Å². The highest BCUT2D eigenvalue weighted by Crippen LogP contribution is 2.35. The zero-order valence-electron chi connectivity index (χ0n) is 15.6. The van der Waals surface area contributed by atoms with Gasteiger partial charge in [-0.15, -0.1) is 0 Å². The molecule has 0 spiro atoms. The molecule has 0 aromatic heterocycles. The van der Waals surface area contributed by atoms with Gasteiger partial charge < -0.3 is 9.47 Å². The molecular weight excluding hydrogens is 382 g/mol. The van der Waals surface area contributed by atoms with E-state index in [1.807, 2.05) is 31.2 Å². The first-order valence-electron chi connectivity index (χ1n) is 8.94. The van der Waals surface area contributed by atoms with Crippen LogP contribution in [0.2, 0.25) is 0 Å². The Kier molecular flexibility index (Phi) is 6.02. The number of benzene rings is 2. The number of ether oxygens (including phenoxy) is 2. The van der Waals surface area contributed by atoms with Gasteiger partial charge in [-0.25, -0.2) is 13.9 Å². The van der Waals surface area contributed by atoms with Crippen LogP contribution in [0.5, 0.6) is 11.5 Å². The molecule has 8 heteroatoms. The second-order valence-corrected chi connectivity index (χ2v) is 8.97. The summed E-state index contributed by atoms with van der Waals surface area (Å²) in [7, 11) is -3.75. The largest absolute Gasteiger partial charge is 0.457 e. The SMILES string of the molecule is Cc1ccc(Oc2ccc(S(=O)(=O)CC3(C(=O)NO)CCOCC3)cc2)cc1. The van der Waals surface area contributed by atoms with Gasteiger partial charge in [0.1, 0.15) is 11.5 Å². The summed E-state index contributed by atoms with van der Waals surface area (Å²) in [6.07, 6.45) is 0.459. The lowest BCUT2D eigenvalue weighted by atomic mass is 9.81. The van der Waals surface area contributed by atoms with Gasteiger partial charge in [-0.1, -0.05) is 17.7 Å². The predicted octanol–water partition coefficient (Wildman–Crippen LogP) is 2.86. The van der Waals surface area contributed by atoms with Crippen LogP contribution in [0.3, 0.4) is 0 Å². The zero-order valence-corrected chi connectivity index (χ0v) is 16.4. The van der Waals surface area contributed by atoms with Crippen molar-refractivity contribution in [1.82, 2.24) is 5.48 Å². The van der Waals surface area contributed by atoms with Gasteiger partial charge in [0, 0.05) is 13.2 Å². The third kappa shape index (κ3) is 4.52. The molecule has 0 atom stereocenters. The molecule has 1 fully saturated rings. The zero-order chi connectivity index (χ0) is 20.2. The number of hydrogen-bond donors (Lipinski definition) is 2. The minimum atomic E-state index is -3.75. The Labute approximate surface area is 164 Å². The Morgan fingerprint density at radius 1 is 1.07 bits per heavy atom. The number of carbonyl (C=O) groups is 1. The predicted molar refractivity (Wildman–Crippen MR) is 102 cm³/mol. The van der Waals surface area contributed by atoms with E-state index in [4.69, 9.17) is 14.7 Å². The average molecular weight is 405 g/mol. The third-order valence-corrected chi connectivity index (χ3v) is 6.86. The molecular formula is C20H23NO6S. The van der Waals surface area contributed by atoms with Crippen molar-refractivity contribution >= 4 is 15.7 Å². The van der Waals surface area contributed by atoms with Crippen molar-refractivity contribution in [3.8, 4) is 11.5 Å². The maximum absolute atomic E-state index is 12.9. The first-order chi connectivity index (χ1) is 13.3. The average Bonchev–Trinajstić information content (AvgIpc) is 2.70. The summed E-state index contributed by atoms with van der Waals surface area (Å²) >= 11 is 0. The van der Waals surface area contributed by atoms with Gasteiger partial charge in [0.25, 0.3) is 5.91 Å². The molecule has 0 unspecified atom stereocenters. The number of aryl methyl sites for hydroxylation is 1. The van der Waals surface area contributed by atoms with Gasteiger partial charge in [0.05, 0.1) is 16.1 Å². The maximum Gasteiger partial charge on any atom is 0.250 e. The fourth-order valence-corrected chi connectivity index (χ4v) is 5.09. The Morgan fingerprint density at radius 3 is 2.14 bits per heavy atom. The minimum Gasteiger partial charge on any atom is -0.457 e. The number of sulfone groups is 1. The van der Waals surface area contributed by atoms with Gasteiger partial charge in [-0.05, 0) is 56.2 Å². The lowest BCUT2D eigenvalue weighted by Crippen LogP contribution is -2.47. The topological polar surface area (TPSA) is 102 Å². The normalized spacial score (nSPS) is 16.4. The first kappa shape index (κ1) is 20.3. The molecule has 1 amide bonds. The van der Waals surface area contributed by atoms with E-state index < -0.39 is 26.9 Å². The van der Waals surface area contributed by atoms with Crippen molar-refractivity contribution in [3.63, 3.8) is 0 Å². The van der Waals surface area contributed by atoms with E-state index in [-0.39, 0.29) is 31.0 Å². The fraction of sp³-hybridized carbons (Fsp3) is 0.350. The molecule has 1 saturated heterocycles. The van der Waals surface area contributed by atoms with Gasteiger partial charge in [-0.2, -0.15) is 0 Å². The molecule has 0 saturated carbocycles. The smallest absolute Gasteiger partial charge is 0.250 e. The standard InChI is InChI=1S/C20H23NO6S/c1-15-2-4-16(5-3-15)27-17-6-8-18(9-7-17)28(24,25)14-20(19(22)21-23)10-12-26-13-11-20/h2-9,23H,10-14H2,1H3,(H,21,22). The summed E-state index contributed by atoms with van der Waals surface area (Å²) in [6.45, 7) is 2.52. The number of hydrogen-bond acceptors (Lipinski definition) is 6. The van der Waals surface area contributed by atoms with E-state index in [0.29, 0.717) is 11.5 Å². The van der Waals surface area contributed by atoms with Crippen molar-refractivity contribution in [2.24, 2.45) is 5.41 Å². The van der Waals surface area contributed by atoms with E-state index in [0.717, 1.165) is 5.56 Å². The Bertz CT molecular complexity index is 916. The van der Waals surface area contributed by atoms with E-state index in [2.05, 4.69) is 0 Å². The second kappa shape index (κ2) is 8.30. The lowest BCUT2D eigenvalue weighted by molar-refractivity contribution is -0.143. The minimum absolute atomic E-state index is 0.0976. The van der Waals surface area contributed by atoms with Crippen LogP contribution in [0.15, 0.2) is 53.4 Å². The van der Waals surface area contributed by atoms with Crippen LogP contribution in [-0.4, -0.2) is 38.5 Å². The first-order valence-corrected chi connectivity index (χ1v) is 10.6. The molecule has 1 aliphatic rings. The van der Waals surface area contributed by atoms with Crippen LogP contribution >= 0.6 is 0 Å². The van der Waals surface area contributed by atoms with Crippen LogP contribution in [0.4, 0.5) is 0 Å². The molecule has 1 aliphatic heterocycles. The number of rotatable bonds is 6. The summed E-state index contributed by atoms with van der Waals surface area (Å²) in [4.78, 5) is 12.3. The van der Waals surface area contributed by atoms with E-state index in [9.17, 15) is 13.2 Å². The number of hydroxylamine groups is 1. The Morgan fingerprint density at radius 2 is 1.61 bits per heavy atom. The van der Waals surface area contributed by atoms with Gasteiger partial charge in [0.2, 0.25) is 0 Å². The fourth-order valence-electron chi connectivity index (χ4n) is 3.22. The molecule has 1 heterocycles. The molecule has 150 valence electrons. The van der Waals surface area contributed by atoms with Crippen molar-refractivity contribution in [3.05, 3.63) is 54.1 Å². The van der Waals surface area contributed by atoms with E-state index >= 15 is 0 Å². The van der Waals surface area contributed by atoms with Gasteiger partial charge >= 0.3 is 0 Å². The van der Waals surface area contributed by atoms with Crippen molar-refractivity contribution in [2.75, 3.05) is 19.0 Å². The van der Waals surface area contributed by atoms with Gasteiger partial charge in [0.15, 0.2) is 9.84 Å². The summed E-state index contributed by atoms with van der Waals surface area (Å²) in [5.41, 5.74) is 1.52. The second-order valence-electron chi connectivity index (χ2n) is 6.98. The summed E-state index contributed by atoms with van der Waals surface area (Å²) in [5.74, 6) is 0.0749. The van der Waals surface area contributed by atoms with Crippen LogP contribution in [0.25, 0.3) is 0 Å². The highest BCUT2D eigenvalue weighted by atomic mass is 32.2. The highest BCUT2D eigenvalue weighted by molar-refractivity contribution is 7.91.